The summed E-state index contributed by atoms with van der Waals surface area (Å²) in [6.07, 6.45) is -3.60. The summed E-state index contributed by atoms with van der Waals surface area (Å²) in [6, 6.07) is 9.14. The van der Waals surface area contributed by atoms with Crippen LogP contribution in [0.4, 0.5) is 24.5 Å². The molecule has 0 aliphatic carbocycles. The smallest absolute Gasteiger partial charge is 0.368 e. The maximum Gasteiger partial charge on any atom is 0.394 e. The molecule has 174 valence electrons. The molecular formula is C24H25F3N4O2. The maximum atomic E-state index is 12.7. The molecule has 0 N–H and O–H groups in total. The second kappa shape index (κ2) is 9.43. The highest BCUT2D eigenvalue weighted by molar-refractivity contribution is 6.41. The van der Waals surface area contributed by atoms with Crippen LogP contribution in [0.5, 0.6) is 0 Å². The fourth-order valence-corrected chi connectivity index (χ4v) is 4.14. The minimum atomic E-state index is -4.45. The molecule has 2 aliphatic heterocycles. The van der Waals surface area contributed by atoms with Gasteiger partial charge >= 0.3 is 6.18 Å². The van der Waals surface area contributed by atoms with Crippen molar-refractivity contribution < 1.29 is 22.8 Å². The lowest BCUT2D eigenvalue weighted by Crippen LogP contribution is -2.46. The van der Waals surface area contributed by atoms with Crippen LogP contribution in [0.15, 0.2) is 41.5 Å². The molecule has 2 aromatic rings. The number of carbonyl (C=O) groups excluding carboxylic acids is 2. The SMILES string of the molecule is CCC(=O)c1ccc(N2CCN(Cc3ccc4c(c3)CC(=O)C(CC(F)(F)F)=N4)CC2)cn1. The molecule has 1 fully saturated rings. The van der Waals surface area contributed by atoms with E-state index < -0.39 is 24.1 Å². The Morgan fingerprint density at radius 2 is 1.85 bits per heavy atom. The number of halogens is 3. The van der Waals surface area contributed by atoms with Gasteiger partial charge in [0.05, 0.1) is 29.7 Å². The van der Waals surface area contributed by atoms with Crippen molar-refractivity contribution in [2.45, 2.75) is 38.9 Å². The number of anilines is 1. The summed E-state index contributed by atoms with van der Waals surface area (Å²) in [7, 11) is 0. The fourth-order valence-electron chi connectivity index (χ4n) is 4.14. The Labute approximate surface area is 190 Å². The minimum Gasteiger partial charge on any atom is -0.368 e. The molecule has 0 unspecified atom stereocenters. The van der Waals surface area contributed by atoms with Crippen molar-refractivity contribution in [3.8, 4) is 0 Å². The number of piperazine rings is 1. The molecule has 0 saturated carbocycles. The van der Waals surface area contributed by atoms with Crippen LogP contribution in [0.2, 0.25) is 0 Å². The zero-order chi connectivity index (χ0) is 23.6. The fraction of sp³-hybridized carbons (Fsp3) is 0.417. The highest BCUT2D eigenvalue weighted by Gasteiger charge is 2.34. The molecule has 33 heavy (non-hydrogen) atoms. The Balaban J connectivity index is 1.35. The van der Waals surface area contributed by atoms with Crippen molar-refractivity contribution in [2.24, 2.45) is 4.99 Å². The molecule has 6 nitrogen and oxygen atoms in total. The zero-order valence-corrected chi connectivity index (χ0v) is 18.4. The summed E-state index contributed by atoms with van der Waals surface area (Å²) in [5.74, 6) is -0.536. The first-order valence-electron chi connectivity index (χ1n) is 11.0. The number of pyridine rings is 1. The van der Waals surface area contributed by atoms with Gasteiger partial charge in [0.25, 0.3) is 0 Å². The molecule has 1 aromatic heterocycles. The Kier molecular flexibility index (Phi) is 6.60. The van der Waals surface area contributed by atoms with Crippen LogP contribution in [0.3, 0.4) is 0 Å². The molecule has 9 heteroatoms. The Morgan fingerprint density at radius 1 is 1.09 bits per heavy atom. The average Bonchev–Trinajstić information content (AvgIpc) is 2.79. The summed E-state index contributed by atoms with van der Waals surface area (Å²) in [6.45, 7) is 5.81. The van der Waals surface area contributed by atoms with E-state index >= 15 is 0 Å². The lowest BCUT2D eigenvalue weighted by atomic mass is 9.96. The quantitative estimate of drug-likeness (QED) is 0.609. The molecule has 3 heterocycles. The third-order valence-electron chi connectivity index (χ3n) is 5.94. The van der Waals surface area contributed by atoms with Gasteiger partial charge < -0.3 is 4.90 Å². The van der Waals surface area contributed by atoms with Crippen molar-refractivity contribution in [3.05, 3.63) is 53.3 Å². The second-order valence-corrected chi connectivity index (χ2v) is 8.36. The van der Waals surface area contributed by atoms with E-state index in [1.54, 1.807) is 18.3 Å². The molecule has 0 spiro atoms. The molecular weight excluding hydrogens is 433 g/mol. The van der Waals surface area contributed by atoms with Crippen LogP contribution in [-0.2, 0) is 17.8 Å². The number of aliphatic imine (C=N–C) groups is 1. The largest absolute Gasteiger partial charge is 0.394 e. The first kappa shape index (κ1) is 23.1. The molecule has 4 rings (SSSR count). The number of hydrogen-bond donors (Lipinski definition) is 0. The van der Waals surface area contributed by atoms with Gasteiger partial charge in [-0.3, -0.25) is 19.5 Å². The first-order valence-corrected chi connectivity index (χ1v) is 11.0. The van der Waals surface area contributed by atoms with Crippen LogP contribution < -0.4 is 4.90 Å². The van der Waals surface area contributed by atoms with Crippen LogP contribution in [0.1, 0.15) is 41.4 Å². The van der Waals surface area contributed by atoms with E-state index in [1.165, 1.54) is 0 Å². The number of rotatable bonds is 6. The molecule has 0 atom stereocenters. The number of aromatic nitrogens is 1. The topological polar surface area (TPSA) is 65.9 Å². The van der Waals surface area contributed by atoms with Gasteiger partial charge in [0.1, 0.15) is 5.69 Å². The number of nitrogens with zero attached hydrogens (tertiary/aromatic N) is 4. The summed E-state index contributed by atoms with van der Waals surface area (Å²) < 4.78 is 38.0. The van der Waals surface area contributed by atoms with Gasteiger partial charge in [0.15, 0.2) is 11.6 Å². The highest BCUT2D eigenvalue weighted by Crippen LogP contribution is 2.30. The summed E-state index contributed by atoms with van der Waals surface area (Å²) in [5, 5.41) is 0. The minimum absolute atomic E-state index is 0.0281. The van der Waals surface area contributed by atoms with Crippen molar-refractivity contribution in [1.82, 2.24) is 9.88 Å². The molecule has 0 bridgehead atoms. The van der Waals surface area contributed by atoms with E-state index in [4.69, 9.17) is 0 Å². The standard InChI is InChI=1S/C24H25F3N4O2/c1-2-22(32)20-6-4-18(14-28-20)31-9-7-30(8-10-31)15-16-3-5-19-17(11-16)12-23(33)21(29-19)13-24(25,26)27/h3-6,11,14H,2,7-10,12-13,15H2,1H3. The van der Waals surface area contributed by atoms with Gasteiger partial charge in [-0.2, -0.15) is 13.2 Å². The molecule has 0 radical (unpaired) electrons. The van der Waals surface area contributed by atoms with Crippen molar-refractivity contribution in [1.29, 1.82) is 0 Å². The van der Waals surface area contributed by atoms with Crippen molar-refractivity contribution >= 4 is 28.7 Å². The Morgan fingerprint density at radius 3 is 2.48 bits per heavy atom. The van der Waals surface area contributed by atoms with E-state index in [0.29, 0.717) is 29.9 Å². The number of alkyl halides is 3. The van der Waals surface area contributed by atoms with Gasteiger partial charge in [-0.25, -0.2) is 4.99 Å². The van der Waals surface area contributed by atoms with E-state index in [1.807, 2.05) is 25.1 Å². The lowest BCUT2D eigenvalue weighted by Gasteiger charge is -2.36. The van der Waals surface area contributed by atoms with Crippen molar-refractivity contribution in [3.63, 3.8) is 0 Å². The third kappa shape index (κ3) is 5.65. The van der Waals surface area contributed by atoms with Crippen LogP contribution in [-0.4, -0.2) is 59.5 Å². The number of hydrogen-bond acceptors (Lipinski definition) is 6. The first-order chi connectivity index (χ1) is 15.7. The number of fused-ring (bicyclic) bond motifs is 1. The third-order valence-corrected chi connectivity index (χ3v) is 5.94. The summed E-state index contributed by atoms with van der Waals surface area (Å²) >= 11 is 0. The van der Waals surface area contributed by atoms with E-state index in [0.717, 1.165) is 37.4 Å². The molecule has 1 aromatic carbocycles. The van der Waals surface area contributed by atoms with Gasteiger partial charge in [-0.1, -0.05) is 19.1 Å². The Hall–Kier alpha value is -3.07. The van der Waals surface area contributed by atoms with E-state index in [-0.39, 0.29) is 12.2 Å². The van der Waals surface area contributed by atoms with Gasteiger partial charge in [-0.05, 0) is 29.3 Å². The predicted octanol–water partition coefficient (Wildman–Crippen LogP) is 4.15. The molecule has 1 saturated heterocycles. The van der Waals surface area contributed by atoms with E-state index in [9.17, 15) is 22.8 Å². The van der Waals surface area contributed by atoms with Gasteiger partial charge in [0.2, 0.25) is 0 Å². The maximum absolute atomic E-state index is 12.7. The average molecular weight is 458 g/mol. The van der Waals surface area contributed by atoms with Crippen LogP contribution in [0, 0.1) is 0 Å². The number of ketones is 2. The van der Waals surface area contributed by atoms with Gasteiger partial charge in [-0.15, -0.1) is 0 Å². The number of benzene rings is 1. The zero-order valence-electron chi connectivity index (χ0n) is 18.4. The summed E-state index contributed by atoms with van der Waals surface area (Å²) in [4.78, 5) is 36.6. The van der Waals surface area contributed by atoms with Crippen LogP contribution >= 0.6 is 0 Å². The highest BCUT2D eigenvalue weighted by atomic mass is 19.4. The summed E-state index contributed by atoms with van der Waals surface area (Å²) in [5.41, 5.74) is 3.19. The monoisotopic (exact) mass is 458 g/mol. The molecule has 2 aliphatic rings. The molecule has 0 amide bonds. The number of Topliss-reactive ketones (excluding diaryl/α,β-unsaturated/α-hetero) is 2. The Bertz CT molecular complexity index is 1070. The normalized spacial score (nSPS) is 17.0. The lowest BCUT2D eigenvalue weighted by molar-refractivity contribution is -0.125. The predicted molar refractivity (Wildman–Crippen MR) is 119 cm³/mol. The van der Waals surface area contributed by atoms with Gasteiger partial charge in [0, 0.05) is 45.6 Å². The second-order valence-electron chi connectivity index (χ2n) is 8.36. The van der Waals surface area contributed by atoms with E-state index in [2.05, 4.69) is 19.8 Å². The van der Waals surface area contributed by atoms with Crippen LogP contribution in [0.25, 0.3) is 0 Å². The van der Waals surface area contributed by atoms with Crippen molar-refractivity contribution in [2.75, 3.05) is 31.1 Å². The number of carbonyl (C=O) groups is 2.